The fourth-order valence-corrected chi connectivity index (χ4v) is 3.28. The molecule has 1 atom stereocenters. The van der Waals surface area contributed by atoms with E-state index < -0.39 is 24.0 Å². The minimum atomic E-state index is -4.50. The van der Waals surface area contributed by atoms with Crippen LogP contribution in [-0.4, -0.2) is 44.8 Å². The second-order valence-corrected chi connectivity index (χ2v) is 6.98. The highest BCUT2D eigenvalue weighted by Gasteiger charge is 2.49. The maximum absolute atomic E-state index is 13.3. The first-order valence-corrected chi connectivity index (χ1v) is 9.01. The van der Waals surface area contributed by atoms with Crippen molar-refractivity contribution in [1.29, 1.82) is 0 Å². The average molecular weight is 405 g/mol. The van der Waals surface area contributed by atoms with Crippen LogP contribution in [0.1, 0.15) is 28.9 Å². The predicted molar refractivity (Wildman–Crippen MR) is 97.5 cm³/mol. The molecule has 1 amide bonds. The Kier molecular flexibility index (Phi) is 4.64. The second kappa shape index (κ2) is 7.02. The van der Waals surface area contributed by atoms with Crippen molar-refractivity contribution >= 4 is 11.6 Å². The third kappa shape index (κ3) is 3.62. The molecule has 3 aromatic rings. The highest BCUT2D eigenvalue weighted by Crippen LogP contribution is 2.40. The van der Waals surface area contributed by atoms with E-state index in [4.69, 9.17) is 4.74 Å². The predicted octanol–water partition coefficient (Wildman–Crippen LogP) is 3.18. The topological polar surface area (TPSA) is 81.4 Å². The molecule has 0 aliphatic heterocycles. The number of alkyl halides is 3. The van der Waals surface area contributed by atoms with E-state index >= 15 is 0 Å². The molecule has 1 aliphatic carbocycles. The zero-order valence-electron chi connectivity index (χ0n) is 15.7. The first-order chi connectivity index (χ1) is 13.8. The van der Waals surface area contributed by atoms with Gasteiger partial charge in [0.05, 0.1) is 24.6 Å². The molecule has 0 spiro atoms. The molecule has 3 heterocycles. The summed E-state index contributed by atoms with van der Waals surface area (Å²) in [6.07, 6.45) is 0.760. The maximum Gasteiger partial charge on any atom is 0.408 e. The number of rotatable bonds is 5. The normalized spacial score (nSPS) is 15.3. The zero-order chi connectivity index (χ0) is 20.8. The molecule has 29 heavy (non-hydrogen) atoms. The fraction of sp³-hybridized carbons (Fsp3) is 0.368. The Morgan fingerprint density at radius 2 is 2.10 bits per heavy atom. The van der Waals surface area contributed by atoms with Crippen molar-refractivity contribution in [3.8, 4) is 17.0 Å². The lowest BCUT2D eigenvalue weighted by Crippen LogP contribution is -2.46. The van der Waals surface area contributed by atoms with E-state index in [1.807, 2.05) is 0 Å². The van der Waals surface area contributed by atoms with E-state index in [-0.39, 0.29) is 11.2 Å². The van der Waals surface area contributed by atoms with Crippen molar-refractivity contribution in [1.82, 2.24) is 24.9 Å². The van der Waals surface area contributed by atoms with Gasteiger partial charge in [-0.15, -0.1) is 0 Å². The summed E-state index contributed by atoms with van der Waals surface area (Å²) < 4.78 is 46.6. The van der Waals surface area contributed by atoms with Crippen molar-refractivity contribution in [3.05, 3.63) is 42.0 Å². The Balaban J connectivity index is 1.74. The summed E-state index contributed by atoms with van der Waals surface area (Å²) in [5.41, 5.74) is 1.88. The van der Waals surface area contributed by atoms with Crippen LogP contribution in [0.2, 0.25) is 0 Å². The van der Waals surface area contributed by atoms with Gasteiger partial charge in [0.25, 0.3) is 5.91 Å². The second-order valence-electron chi connectivity index (χ2n) is 6.98. The van der Waals surface area contributed by atoms with Crippen molar-refractivity contribution in [2.45, 2.75) is 32.0 Å². The van der Waals surface area contributed by atoms with Crippen molar-refractivity contribution in [2.75, 3.05) is 7.11 Å². The van der Waals surface area contributed by atoms with Gasteiger partial charge in [-0.25, -0.2) is 9.50 Å². The average Bonchev–Trinajstić information content (AvgIpc) is 3.42. The van der Waals surface area contributed by atoms with Gasteiger partial charge in [-0.2, -0.15) is 18.3 Å². The Morgan fingerprint density at radius 3 is 2.76 bits per heavy atom. The monoisotopic (exact) mass is 405 g/mol. The Morgan fingerprint density at radius 1 is 1.34 bits per heavy atom. The van der Waals surface area contributed by atoms with Crippen LogP contribution in [-0.2, 0) is 0 Å². The number of carbonyl (C=O) groups is 1. The molecule has 4 rings (SSSR count). The van der Waals surface area contributed by atoms with Crippen LogP contribution in [0, 0.1) is 12.8 Å². The maximum atomic E-state index is 13.3. The van der Waals surface area contributed by atoms with Crippen LogP contribution < -0.4 is 10.1 Å². The summed E-state index contributed by atoms with van der Waals surface area (Å²) in [6, 6.07) is 1.54. The van der Waals surface area contributed by atoms with Crippen molar-refractivity contribution in [3.63, 3.8) is 0 Å². The molecule has 7 nitrogen and oxygen atoms in total. The molecule has 0 radical (unpaired) electrons. The number of nitrogens with one attached hydrogen (secondary N) is 1. The van der Waals surface area contributed by atoms with E-state index in [1.165, 1.54) is 17.8 Å². The summed E-state index contributed by atoms with van der Waals surface area (Å²) in [7, 11) is 1.51. The van der Waals surface area contributed by atoms with E-state index in [9.17, 15) is 18.0 Å². The van der Waals surface area contributed by atoms with Crippen LogP contribution in [0.3, 0.4) is 0 Å². The van der Waals surface area contributed by atoms with Gasteiger partial charge in [0.1, 0.15) is 17.4 Å². The van der Waals surface area contributed by atoms with Gasteiger partial charge in [-0.3, -0.25) is 9.78 Å². The smallest absolute Gasteiger partial charge is 0.408 e. The molecule has 1 fully saturated rings. The van der Waals surface area contributed by atoms with E-state index in [1.54, 1.807) is 31.5 Å². The van der Waals surface area contributed by atoms with E-state index in [0.29, 0.717) is 35.5 Å². The number of aryl methyl sites for hydroxylation is 1. The number of hydrogen-bond donors (Lipinski definition) is 1. The van der Waals surface area contributed by atoms with Crippen LogP contribution in [0.4, 0.5) is 13.2 Å². The van der Waals surface area contributed by atoms with Gasteiger partial charge in [-0.05, 0) is 37.8 Å². The Labute approximate surface area is 163 Å². The molecule has 0 bridgehead atoms. The highest BCUT2D eigenvalue weighted by molar-refractivity contribution is 6.00. The Bertz CT molecular complexity index is 1080. The summed E-state index contributed by atoms with van der Waals surface area (Å²) in [5.74, 6) is -0.894. The third-order valence-electron chi connectivity index (χ3n) is 4.90. The largest absolute Gasteiger partial charge is 0.496 e. The molecule has 3 aromatic heterocycles. The quantitative estimate of drug-likeness (QED) is 0.705. The standard InChI is InChI=1S/C19H18F3N5O2/c1-10-7-14(12-8-23-6-5-15(12)29-2)25-17-13(9-24-27(10)17)18(28)26-16(11-3-4-11)19(20,21)22/h5-9,11,16H,3-4H2,1-2H3,(H,26,28). The summed E-state index contributed by atoms with van der Waals surface area (Å²) in [4.78, 5) is 21.2. The lowest BCUT2D eigenvalue weighted by Gasteiger charge is -2.20. The number of methoxy groups -OCH3 is 1. The number of ether oxygens (including phenoxy) is 1. The number of hydrogen-bond acceptors (Lipinski definition) is 5. The molecule has 10 heteroatoms. The first kappa shape index (κ1) is 19.2. The van der Waals surface area contributed by atoms with Gasteiger partial charge in [0.2, 0.25) is 0 Å². The number of aromatic nitrogens is 4. The minimum absolute atomic E-state index is 0.0206. The molecule has 1 N–H and O–H groups in total. The molecular formula is C19H18F3N5O2. The summed E-state index contributed by atoms with van der Waals surface area (Å²) in [5, 5.41) is 6.23. The van der Waals surface area contributed by atoms with Crippen LogP contribution in [0.25, 0.3) is 16.9 Å². The summed E-state index contributed by atoms with van der Waals surface area (Å²) >= 11 is 0. The molecule has 1 aliphatic rings. The van der Waals surface area contributed by atoms with Crippen molar-refractivity contribution < 1.29 is 22.7 Å². The van der Waals surface area contributed by atoms with Crippen LogP contribution >= 0.6 is 0 Å². The molecule has 1 unspecified atom stereocenters. The number of halogens is 3. The lowest BCUT2D eigenvalue weighted by atomic mass is 10.1. The van der Waals surface area contributed by atoms with E-state index in [2.05, 4.69) is 20.4 Å². The zero-order valence-corrected chi connectivity index (χ0v) is 15.7. The molecule has 152 valence electrons. The van der Waals surface area contributed by atoms with Crippen LogP contribution in [0.5, 0.6) is 5.75 Å². The number of nitrogens with zero attached hydrogens (tertiary/aromatic N) is 4. The number of pyridine rings is 1. The fourth-order valence-electron chi connectivity index (χ4n) is 3.28. The van der Waals surface area contributed by atoms with Crippen LogP contribution in [0.15, 0.2) is 30.7 Å². The minimum Gasteiger partial charge on any atom is -0.496 e. The van der Waals surface area contributed by atoms with Gasteiger partial charge < -0.3 is 10.1 Å². The SMILES string of the molecule is COc1ccncc1-c1cc(C)n2ncc(C(=O)NC(C3CC3)C(F)(F)F)c2n1. The van der Waals surface area contributed by atoms with Gasteiger partial charge >= 0.3 is 6.18 Å². The number of fused-ring (bicyclic) bond motifs is 1. The molecule has 1 saturated carbocycles. The van der Waals surface area contributed by atoms with Gasteiger partial charge in [0.15, 0.2) is 5.65 Å². The summed E-state index contributed by atoms with van der Waals surface area (Å²) in [6.45, 7) is 1.76. The Hall–Kier alpha value is -3.17. The van der Waals surface area contributed by atoms with Gasteiger partial charge in [-0.1, -0.05) is 0 Å². The lowest BCUT2D eigenvalue weighted by molar-refractivity contribution is -0.158. The van der Waals surface area contributed by atoms with E-state index in [0.717, 1.165) is 0 Å². The molecule has 0 saturated heterocycles. The third-order valence-corrected chi connectivity index (χ3v) is 4.90. The number of amides is 1. The molecular weight excluding hydrogens is 387 g/mol. The highest BCUT2D eigenvalue weighted by atomic mass is 19.4. The van der Waals surface area contributed by atoms with Crippen molar-refractivity contribution in [2.24, 2.45) is 5.92 Å². The molecule has 0 aromatic carbocycles. The first-order valence-electron chi connectivity index (χ1n) is 9.01. The number of carbonyl (C=O) groups excluding carboxylic acids is 1. The van der Waals surface area contributed by atoms with Gasteiger partial charge in [0, 0.05) is 18.1 Å².